The molecule has 0 aliphatic heterocycles. The van der Waals surface area contributed by atoms with Crippen LogP contribution in [0.25, 0.3) is 26.8 Å². The highest BCUT2D eigenvalue weighted by Gasteiger charge is 2.17. The number of aliphatic hydroxyl groups excluding tert-OH is 1. The topological polar surface area (TPSA) is 50.4 Å². The van der Waals surface area contributed by atoms with Gasteiger partial charge in [-0.25, -0.2) is 9.50 Å². The molecular formula is C18H15N3OS. The molecule has 2 heterocycles. The summed E-state index contributed by atoms with van der Waals surface area (Å²) in [6, 6.07) is 18.1. The van der Waals surface area contributed by atoms with Crippen LogP contribution >= 0.6 is 11.3 Å². The molecule has 0 saturated heterocycles. The fourth-order valence-corrected chi connectivity index (χ4v) is 3.50. The lowest BCUT2D eigenvalue weighted by Gasteiger charge is -2.00. The Bertz CT molecular complexity index is 955. The van der Waals surface area contributed by atoms with Crippen molar-refractivity contribution in [2.24, 2.45) is 0 Å². The van der Waals surface area contributed by atoms with Gasteiger partial charge in [0, 0.05) is 11.1 Å². The molecule has 4 nitrogen and oxygen atoms in total. The number of rotatable bonds is 3. The number of hydrogen-bond acceptors (Lipinski definition) is 4. The van der Waals surface area contributed by atoms with E-state index in [0.29, 0.717) is 0 Å². The normalized spacial score (nSPS) is 11.2. The van der Waals surface area contributed by atoms with Crippen LogP contribution in [0.5, 0.6) is 0 Å². The van der Waals surface area contributed by atoms with Gasteiger partial charge in [-0.05, 0) is 6.92 Å². The summed E-state index contributed by atoms with van der Waals surface area (Å²) in [7, 11) is 0. The summed E-state index contributed by atoms with van der Waals surface area (Å²) >= 11 is 1.53. The van der Waals surface area contributed by atoms with Crippen LogP contribution < -0.4 is 0 Å². The van der Waals surface area contributed by atoms with Gasteiger partial charge in [0.25, 0.3) is 0 Å². The zero-order chi connectivity index (χ0) is 15.8. The maximum atomic E-state index is 9.79. The molecule has 0 unspecified atom stereocenters. The first-order valence-electron chi connectivity index (χ1n) is 7.38. The molecule has 2 aromatic carbocycles. The Balaban J connectivity index is 1.85. The van der Waals surface area contributed by atoms with E-state index in [1.165, 1.54) is 16.9 Å². The Morgan fingerprint density at radius 3 is 2.43 bits per heavy atom. The number of benzene rings is 2. The van der Waals surface area contributed by atoms with Crippen LogP contribution in [0.3, 0.4) is 0 Å². The third-order valence-electron chi connectivity index (χ3n) is 3.79. The van der Waals surface area contributed by atoms with Crippen molar-refractivity contribution in [3.8, 4) is 21.8 Å². The third kappa shape index (κ3) is 2.44. The monoisotopic (exact) mass is 321 g/mol. The second-order valence-corrected chi connectivity index (χ2v) is 6.35. The van der Waals surface area contributed by atoms with Gasteiger partial charge in [-0.1, -0.05) is 71.5 Å². The molecule has 0 bridgehead atoms. The summed E-state index contributed by atoms with van der Waals surface area (Å²) in [4.78, 5) is 5.47. The van der Waals surface area contributed by atoms with Gasteiger partial charge >= 0.3 is 0 Å². The van der Waals surface area contributed by atoms with E-state index >= 15 is 0 Å². The first-order chi connectivity index (χ1) is 11.3. The average Bonchev–Trinajstić information content (AvgIpc) is 3.13. The zero-order valence-electron chi connectivity index (χ0n) is 12.6. The first kappa shape index (κ1) is 14.1. The summed E-state index contributed by atoms with van der Waals surface area (Å²) in [5.41, 5.74) is 4.79. The van der Waals surface area contributed by atoms with Gasteiger partial charge in [-0.15, -0.1) is 0 Å². The van der Waals surface area contributed by atoms with E-state index in [-0.39, 0.29) is 6.61 Å². The number of aliphatic hydroxyl groups is 1. The summed E-state index contributed by atoms with van der Waals surface area (Å²) in [5.74, 6) is 0. The molecule has 5 heteroatoms. The lowest BCUT2D eigenvalue weighted by molar-refractivity contribution is 0.275. The molecule has 0 spiro atoms. The summed E-state index contributed by atoms with van der Waals surface area (Å²) in [5, 5.41) is 15.3. The van der Waals surface area contributed by atoms with Crippen molar-refractivity contribution in [1.82, 2.24) is 14.6 Å². The molecule has 0 atom stereocenters. The van der Waals surface area contributed by atoms with Crippen LogP contribution in [0.2, 0.25) is 0 Å². The van der Waals surface area contributed by atoms with Gasteiger partial charge in [-0.3, -0.25) is 0 Å². The second kappa shape index (κ2) is 5.61. The number of aryl methyl sites for hydroxylation is 1. The molecule has 4 rings (SSSR count). The van der Waals surface area contributed by atoms with Crippen LogP contribution in [0.1, 0.15) is 11.3 Å². The quantitative estimate of drug-likeness (QED) is 0.622. The number of imidazole rings is 1. The zero-order valence-corrected chi connectivity index (χ0v) is 13.4. The van der Waals surface area contributed by atoms with Crippen molar-refractivity contribution in [1.29, 1.82) is 0 Å². The largest absolute Gasteiger partial charge is 0.390 e. The van der Waals surface area contributed by atoms with Gasteiger partial charge in [0.05, 0.1) is 18.0 Å². The Hall–Kier alpha value is -2.50. The van der Waals surface area contributed by atoms with Gasteiger partial charge < -0.3 is 5.11 Å². The molecule has 0 radical (unpaired) electrons. The summed E-state index contributed by atoms with van der Waals surface area (Å²) in [6.45, 7) is 1.97. The van der Waals surface area contributed by atoms with Crippen molar-refractivity contribution in [2.45, 2.75) is 13.5 Å². The van der Waals surface area contributed by atoms with Crippen molar-refractivity contribution in [3.05, 3.63) is 65.9 Å². The average molecular weight is 321 g/mol. The number of hydrogen-bond donors (Lipinski definition) is 1. The predicted molar refractivity (Wildman–Crippen MR) is 92.4 cm³/mol. The van der Waals surface area contributed by atoms with Crippen LogP contribution in [0, 0.1) is 6.92 Å². The van der Waals surface area contributed by atoms with Gasteiger partial charge in [0.15, 0.2) is 0 Å². The Morgan fingerprint density at radius 1 is 1.00 bits per heavy atom. The van der Waals surface area contributed by atoms with Gasteiger partial charge in [0.1, 0.15) is 5.01 Å². The van der Waals surface area contributed by atoms with E-state index in [9.17, 15) is 5.11 Å². The molecule has 1 N–H and O–H groups in total. The predicted octanol–water partition coefficient (Wildman–Crippen LogP) is 3.93. The van der Waals surface area contributed by atoms with E-state index in [0.717, 1.165) is 32.5 Å². The van der Waals surface area contributed by atoms with Crippen LogP contribution in [0.4, 0.5) is 0 Å². The second-order valence-electron chi connectivity index (χ2n) is 5.40. The Labute approximate surface area is 137 Å². The highest BCUT2D eigenvalue weighted by molar-refractivity contribution is 7.19. The minimum atomic E-state index is -0.0948. The van der Waals surface area contributed by atoms with Crippen LogP contribution in [0.15, 0.2) is 54.6 Å². The standard InChI is InChI=1S/C18H15N3OS/c1-12-7-9-14(10-8-12)17-20-21-15(11-22)16(19-18(21)23-17)13-5-3-2-4-6-13/h2-10,22H,11H2,1H3. The van der Waals surface area contributed by atoms with E-state index in [1.54, 1.807) is 4.52 Å². The number of fused-ring (bicyclic) bond motifs is 1. The molecule has 0 fully saturated rings. The van der Waals surface area contributed by atoms with Crippen LogP contribution in [-0.2, 0) is 6.61 Å². The van der Waals surface area contributed by atoms with Crippen molar-refractivity contribution in [2.75, 3.05) is 0 Å². The minimum Gasteiger partial charge on any atom is -0.390 e. The molecule has 2 aromatic heterocycles. The van der Waals surface area contributed by atoms with E-state index in [1.807, 2.05) is 30.3 Å². The molecule has 0 amide bonds. The Morgan fingerprint density at radius 2 is 1.74 bits per heavy atom. The van der Waals surface area contributed by atoms with E-state index in [2.05, 4.69) is 41.3 Å². The van der Waals surface area contributed by atoms with Crippen molar-refractivity contribution < 1.29 is 5.11 Å². The molecule has 0 aliphatic rings. The smallest absolute Gasteiger partial charge is 0.213 e. The highest BCUT2D eigenvalue weighted by atomic mass is 32.1. The number of aromatic nitrogens is 3. The molecular weight excluding hydrogens is 306 g/mol. The molecule has 23 heavy (non-hydrogen) atoms. The molecule has 0 saturated carbocycles. The maximum absolute atomic E-state index is 9.79. The minimum absolute atomic E-state index is 0.0948. The van der Waals surface area contributed by atoms with E-state index in [4.69, 9.17) is 0 Å². The van der Waals surface area contributed by atoms with E-state index < -0.39 is 0 Å². The highest BCUT2D eigenvalue weighted by Crippen LogP contribution is 2.31. The van der Waals surface area contributed by atoms with Crippen molar-refractivity contribution in [3.63, 3.8) is 0 Å². The maximum Gasteiger partial charge on any atom is 0.213 e. The SMILES string of the molecule is Cc1ccc(-c2nn3c(CO)c(-c4ccccc4)nc3s2)cc1. The fraction of sp³-hybridized carbons (Fsp3) is 0.111. The van der Waals surface area contributed by atoms with Crippen molar-refractivity contribution >= 4 is 16.3 Å². The molecule has 114 valence electrons. The van der Waals surface area contributed by atoms with Gasteiger partial charge in [-0.2, -0.15) is 5.10 Å². The van der Waals surface area contributed by atoms with Gasteiger partial charge in [0.2, 0.25) is 4.96 Å². The van der Waals surface area contributed by atoms with Crippen LogP contribution in [-0.4, -0.2) is 19.7 Å². The lowest BCUT2D eigenvalue weighted by atomic mass is 10.1. The fourth-order valence-electron chi connectivity index (χ4n) is 2.57. The number of nitrogens with zero attached hydrogens (tertiary/aromatic N) is 3. The third-order valence-corrected chi connectivity index (χ3v) is 4.75. The first-order valence-corrected chi connectivity index (χ1v) is 8.19. The lowest BCUT2D eigenvalue weighted by Crippen LogP contribution is -1.95. The summed E-state index contributed by atoms with van der Waals surface area (Å²) < 4.78 is 1.75. The molecule has 0 aliphatic carbocycles. The molecule has 4 aromatic rings. The summed E-state index contributed by atoms with van der Waals surface area (Å²) in [6.07, 6.45) is 0. The Kier molecular flexibility index (Phi) is 3.44.